The molecule has 2 unspecified atom stereocenters. The molecule has 27 heavy (non-hydrogen) atoms. The average molecular weight is 370 g/mol. The van der Waals surface area contributed by atoms with E-state index in [1.54, 1.807) is 11.8 Å². The summed E-state index contributed by atoms with van der Waals surface area (Å²) in [5.74, 6) is -2.04. The number of nitrogens with zero attached hydrogens (tertiary/aromatic N) is 1. The summed E-state index contributed by atoms with van der Waals surface area (Å²) in [5, 5.41) is 0. The van der Waals surface area contributed by atoms with Gasteiger partial charge < -0.3 is 15.4 Å². The van der Waals surface area contributed by atoms with E-state index in [1.165, 1.54) is 13.0 Å². The Morgan fingerprint density at radius 2 is 1.96 bits per heavy atom. The van der Waals surface area contributed by atoms with Gasteiger partial charge in [0.15, 0.2) is 6.10 Å². The van der Waals surface area contributed by atoms with Crippen LogP contribution in [0.5, 0.6) is 0 Å². The summed E-state index contributed by atoms with van der Waals surface area (Å²) in [7, 11) is 0. The van der Waals surface area contributed by atoms with Crippen LogP contribution in [-0.2, 0) is 16.0 Å². The van der Waals surface area contributed by atoms with Crippen molar-refractivity contribution in [3.63, 3.8) is 0 Å². The molecule has 3 rings (SSSR count). The van der Waals surface area contributed by atoms with Crippen LogP contribution in [0.1, 0.15) is 41.8 Å². The fraction of sp³-hybridized carbons (Fsp3) is 0.333. The number of halogens is 1. The molecule has 0 bridgehead atoms. The highest BCUT2D eigenvalue weighted by atomic mass is 19.1. The van der Waals surface area contributed by atoms with Gasteiger partial charge in [0, 0.05) is 11.7 Å². The Bertz CT molecular complexity index is 897. The molecule has 0 aliphatic carbocycles. The number of hydrogen-bond donors (Lipinski definition) is 1. The molecule has 2 atom stereocenters. The van der Waals surface area contributed by atoms with Crippen LogP contribution in [0.15, 0.2) is 36.4 Å². The number of rotatable bonds is 3. The van der Waals surface area contributed by atoms with Crippen LogP contribution in [0.25, 0.3) is 0 Å². The Hall–Kier alpha value is -2.89. The maximum atomic E-state index is 14.1. The SMILES string of the molecule is Cc1ccc(F)c(C(=O)OC(C)C(=O)N2c3ccccc3CCC2C)c1N. The molecule has 1 amide bonds. The molecule has 6 heteroatoms. The van der Waals surface area contributed by atoms with Gasteiger partial charge in [-0.25, -0.2) is 9.18 Å². The third-order valence-electron chi connectivity index (χ3n) is 5.01. The number of aryl methyl sites for hydroxylation is 2. The van der Waals surface area contributed by atoms with Crippen LogP contribution in [0.3, 0.4) is 0 Å². The number of carbonyl (C=O) groups excluding carboxylic acids is 2. The Morgan fingerprint density at radius 1 is 1.26 bits per heavy atom. The average Bonchev–Trinajstić information content (AvgIpc) is 2.64. The van der Waals surface area contributed by atoms with Crippen molar-refractivity contribution < 1.29 is 18.7 Å². The lowest BCUT2D eigenvalue weighted by Gasteiger charge is -2.36. The molecule has 142 valence electrons. The number of fused-ring (bicyclic) bond motifs is 1. The van der Waals surface area contributed by atoms with Crippen LogP contribution < -0.4 is 10.6 Å². The number of nitrogen functional groups attached to an aromatic ring is 1. The van der Waals surface area contributed by atoms with Crippen LogP contribution in [0.2, 0.25) is 0 Å². The van der Waals surface area contributed by atoms with Gasteiger partial charge in [0.2, 0.25) is 0 Å². The minimum atomic E-state index is -1.06. The van der Waals surface area contributed by atoms with Gasteiger partial charge in [-0.15, -0.1) is 0 Å². The van der Waals surface area contributed by atoms with E-state index in [0.29, 0.717) is 5.56 Å². The molecule has 2 aromatic carbocycles. The quantitative estimate of drug-likeness (QED) is 0.661. The number of anilines is 2. The maximum absolute atomic E-state index is 14.1. The lowest BCUT2D eigenvalue weighted by atomic mass is 9.96. The number of amides is 1. The van der Waals surface area contributed by atoms with Crippen LogP contribution in [0, 0.1) is 12.7 Å². The topological polar surface area (TPSA) is 72.6 Å². The fourth-order valence-electron chi connectivity index (χ4n) is 3.39. The van der Waals surface area contributed by atoms with Crippen molar-refractivity contribution in [2.24, 2.45) is 0 Å². The second-order valence-corrected chi connectivity index (χ2v) is 6.93. The predicted octanol–water partition coefficient (Wildman–Crippen LogP) is 3.63. The summed E-state index contributed by atoms with van der Waals surface area (Å²) in [6.45, 7) is 5.13. The first-order valence-corrected chi connectivity index (χ1v) is 8.97. The molecule has 0 aromatic heterocycles. The molecular formula is C21H23FN2O3. The lowest BCUT2D eigenvalue weighted by Crippen LogP contribution is -2.47. The van der Waals surface area contributed by atoms with Crippen LogP contribution in [-0.4, -0.2) is 24.0 Å². The van der Waals surface area contributed by atoms with Crippen molar-refractivity contribution in [3.05, 3.63) is 58.9 Å². The van der Waals surface area contributed by atoms with Crippen molar-refractivity contribution in [1.29, 1.82) is 0 Å². The van der Waals surface area contributed by atoms with E-state index in [2.05, 4.69) is 0 Å². The molecule has 2 N–H and O–H groups in total. The van der Waals surface area contributed by atoms with Gasteiger partial charge in [0.1, 0.15) is 11.4 Å². The Labute approximate surface area is 157 Å². The zero-order chi connectivity index (χ0) is 19.7. The van der Waals surface area contributed by atoms with Gasteiger partial charge in [0.05, 0.1) is 5.69 Å². The minimum Gasteiger partial charge on any atom is -0.449 e. The van der Waals surface area contributed by atoms with E-state index in [-0.39, 0.29) is 23.2 Å². The number of nitrogens with two attached hydrogens (primary N) is 1. The van der Waals surface area contributed by atoms with Crippen molar-refractivity contribution >= 4 is 23.3 Å². The second kappa shape index (κ2) is 7.39. The standard InChI is InChI=1S/C21H23FN2O3/c1-12-8-11-16(22)18(19(12)23)21(26)27-14(3)20(25)24-13(2)9-10-15-6-4-5-7-17(15)24/h4-8,11,13-14H,9-10,23H2,1-3H3. The summed E-state index contributed by atoms with van der Waals surface area (Å²) in [6.07, 6.45) is 0.647. The van der Waals surface area contributed by atoms with Gasteiger partial charge in [-0.05, 0) is 56.9 Å². The molecule has 0 radical (unpaired) electrons. The first-order chi connectivity index (χ1) is 12.8. The van der Waals surface area contributed by atoms with E-state index < -0.39 is 17.9 Å². The molecule has 1 aliphatic heterocycles. The molecule has 1 heterocycles. The highest BCUT2D eigenvalue weighted by Gasteiger charge is 2.33. The number of ether oxygens (including phenoxy) is 1. The molecule has 0 fully saturated rings. The fourth-order valence-corrected chi connectivity index (χ4v) is 3.39. The Balaban J connectivity index is 1.83. The summed E-state index contributed by atoms with van der Waals surface area (Å²) in [4.78, 5) is 27.1. The van der Waals surface area contributed by atoms with E-state index in [0.717, 1.165) is 30.2 Å². The van der Waals surface area contributed by atoms with Gasteiger partial charge in [-0.3, -0.25) is 4.79 Å². The Morgan fingerprint density at radius 3 is 2.70 bits per heavy atom. The summed E-state index contributed by atoms with van der Waals surface area (Å²) >= 11 is 0. The highest BCUT2D eigenvalue weighted by Crippen LogP contribution is 2.31. The smallest absolute Gasteiger partial charge is 0.344 e. The number of carbonyl (C=O) groups is 2. The number of esters is 1. The normalized spacial score (nSPS) is 17.2. The van der Waals surface area contributed by atoms with Crippen LogP contribution >= 0.6 is 0 Å². The predicted molar refractivity (Wildman–Crippen MR) is 102 cm³/mol. The first-order valence-electron chi connectivity index (χ1n) is 8.97. The van der Waals surface area contributed by atoms with E-state index in [9.17, 15) is 14.0 Å². The highest BCUT2D eigenvalue weighted by molar-refractivity contribution is 6.01. The van der Waals surface area contributed by atoms with Crippen molar-refractivity contribution in [3.8, 4) is 0 Å². The zero-order valence-electron chi connectivity index (χ0n) is 15.7. The summed E-state index contributed by atoms with van der Waals surface area (Å²) in [6, 6.07) is 10.3. The van der Waals surface area contributed by atoms with Crippen LogP contribution in [0.4, 0.5) is 15.8 Å². The van der Waals surface area contributed by atoms with Gasteiger partial charge in [0.25, 0.3) is 5.91 Å². The maximum Gasteiger partial charge on any atom is 0.344 e. The third-order valence-corrected chi connectivity index (χ3v) is 5.01. The van der Waals surface area contributed by atoms with Gasteiger partial charge in [-0.1, -0.05) is 24.3 Å². The number of hydrogen-bond acceptors (Lipinski definition) is 4. The van der Waals surface area contributed by atoms with Gasteiger partial charge >= 0.3 is 5.97 Å². The van der Waals surface area contributed by atoms with E-state index in [1.807, 2.05) is 31.2 Å². The molecule has 0 saturated carbocycles. The van der Waals surface area contributed by atoms with Crippen molar-refractivity contribution in [2.75, 3.05) is 10.6 Å². The molecule has 1 aliphatic rings. The largest absolute Gasteiger partial charge is 0.449 e. The Kier molecular flexibility index (Phi) is 5.17. The number of para-hydroxylation sites is 1. The zero-order valence-corrected chi connectivity index (χ0v) is 15.7. The third kappa shape index (κ3) is 3.52. The summed E-state index contributed by atoms with van der Waals surface area (Å²) in [5.41, 5.74) is 8.00. The van der Waals surface area contributed by atoms with Crippen molar-refractivity contribution in [2.45, 2.75) is 45.8 Å². The first kappa shape index (κ1) is 18.9. The molecule has 2 aromatic rings. The minimum absolute atomic E-state index is 0.0191. The van der Waals surface area contributed by atoms with E-state index in [4.69, 9.17) is 10.5 Å². The molecular weight excluding hydrogens is 347 g/mol. The van der Waals surface area contributed by atoms with Gasteiger partial charge in [-0.2, -0.15) is 0 Å². The van der Waals surface area contributed by atoms with Crippen molar-refractivity contribution in [1.82, 2.24) is 0 Å². The molecule has 5 nitrogen and oxygen atoms in total. The monoisotopic (exact) mass is 370 g/mol. The molecule has 0 saturated heterocycles. The second-order valence-electron chi connectivity index (χ2n) is 6.93. The summed E-state index contributed by atoms with van der Waals surface area (Å²) < 4.78 is 19.4. The lowest BCUT2D eigenvalue weighted by molar-refractivity contribution is -0.127. The number of benzene rings is 2. The molecule has 0 spiro atoms. The van der Waals surface area contributed by atoms with E-state index >= 15 is 0 Å².